The van der Waals surface area contributed by atoms with Crippen molar-refractivity contribution in [2.45, 2.75) is 45.1 Å². The average Bonchev–Trinajstić information content (AvgIpc) is 2.59. The molecule has 1 saturated heterocycles. The van der Waals surface area contributed by atoms with Gasteiger partial charge in [-0.3, -0.25) is 0 Å². The molecule has 0 aromatic rings. The Kier molecular flexibility index (Phi) is 4.62. The van der Waals surface area contributed by atoms with Crippen LogP contribution >= 0.6 is 0 Å². The van der Waals surface area contributed by atoms with Crippen LogP contribution in [0.4, 0.5) is 0 Å². The number of unbranched alkanes of at least 4 members (excludes halogenated alkanes) is 1. The fraction of sp³-hybridized carbons (Fsp3) is 1.00. The van der Waals surface area contributed by atoms with Crippen molar-refractivity contribution in [3.63, 3.8) is 0 Å². The Morgan fingerprint density at radius 3 is 2.92 bits per heavy atom. The predicted octanol–water partition coefficient (Wildman–Crippen LogP) is 1.96. The third-order valence-electron chi connectivity index (χ3n) is 2.65. The number of aliphatic hydroxyl groups is 1. The fourth-order valence-corrected chi connectivity index (χ4v) is 1.84. The van der Waals surface area contributed by atoms with Crippen molar-refractivity contribution in [2.75, 3.05) is 13.2 Å². The van der Waals surface area contributed by atoms with Crippen LogP contribution in [0.25, 0.3) is 0 Å². The van der Waals surface area contributed by atoms with Gasteiger partial charge >= 0.3 is 0 Å². The van der Waals surface area contributed by atoms with E-state index in [1.54, 1.807) is 0 Å². The van der Waals surface area contributed by atoms with Gasteiger partial charge in [0.15, 0.2) is 0 Å². The molecule has 1 aliphatic rings. The number of aliphatic hydroxyl groups excluding tert-OH is 1. The van der Waals surface area contributed by atoms with Gasteiger partial charge in [0.25, 0.3) is 0 Å². The molecule has 2 unspecified atom stereocenters. The van der Waals surface area contributed by atoms with Gasteiger partial charge in [0, 0.05) is 19.1 Å². The van der Waals surface area contributed by atoms with Crippen molar-refractivity contribution in [3.8, 4) is 0 Å². The van der Waals surface area contributed by atoms with E-state index in [0.717, 1.165) is 19.4 Å². The largest absolute Gasteiger partial charge is 0.396 e. The molecule has 12 heavy (non-hydrogen) atoms. The minimum atomic E-state index is 0.296. The van der Waals surface area contributed by atoms with Crippen molar-refractivity contribution in [2.24, 2.45) is 5.92 Å². The van der Waals surface area contributed by atoms with Crippen molar-refractivity contribution in [3.05, 3.63) is 0 Å². The van der Waals surface area contributed by atoms with Crippen LogP contribution < -0.4 is 0 Å². The van der Waals surface area contributed by atoms with Gasteiger partial charge in [-0.25, -0.2) is 0 Å². The normalized spacial score (nSPS) is 26.0. The highest BCUT2D eigenvalue weighted by Crippen LogP contribution is 2.23. The van der Waals surface area contributed by atoms with Gasteiger partial charge in [0.1, 0.15) is 0 Å². The van der Waals surface area contributed by atoms with Crippen LogP contribution in [0.2, 0.25) is 0 Å². The van der Waals surface area contributed by atoms with E-state index in [2.05, 4.69) is 6.92 Å². The highest BCUT2D eigenvalue weighted by molar-refractivity contribution is 4.73. The van der Waals surface area contributed by atoms with Gasteiger partial charge in [-0.2, -0.15) is 0 Å². The summed E-state index contributed by atoms with van der Waals surface area (Å²) in [5.74, 6) is 0.396. The Hall–Kier alpha value is -0.0800. The first kappa shape index (κ1) is 10.0. The molecule has 72 valence electrons. The molecule has 1 rings (SSSR count). The molecule has 1 heterocycles. The number of hydrogen-bond donors (Lipinski definition) is 1. The first-order valence-electron chi connectivity index (χ1n) is 5.11. The Balaban J connectivity index is 2.22. The first-order chi connectivity index (χ1) is 5.88. The van der Waals surface area contributed by atoms with Crippen LogP contribution in [-0.2, 0) is 4.74 Å². The zero-order valence-corrected chi connectivity index (χ0v) is 7.96. The lowest BCUT2D eigenvalue weighted by molar-refractivity contribution is 0.0322. The van der Waals surface area contributed by atoms with Gasteiger partial charge in [-0.15, -0.1) is 0 Å². The summed E-state index contributed by atoms with van der Waals surface area (Å²) >= 11 is 0. The number of ether oxygens (including phenoxy) is 1. The van der Waals surface area contributed by atoms with E-state index in [0.29, 0.717) is 18.6 Å². The Morgan fingerprint density at radius 2 is 2.42 bits per heavy atom. The van der Waals surface area contributed by atoms with Crippen molar-refractivity contribution < 1.29 is 9.84 Å². The van der Waals surface area contributed by atoms with Crippen molar-refractivity contribution >= 4 is 0 Å². The van der Waals surface area contributed by atoms with Gasteiger partial charge in [0.05, 0.1) is 6.10 Å². The second-order valence-corrected chi connectivity index (χ2v) is 3.64. The summed E-state index contributed by atoms with van der Waals surface area (Å²) in [4.78, 5) is 0. The fourth-order valence-electron chi connectivity index (χ4n) is 1.84. The SMILES string of the molecule is CCCCC(CO)C1CCCO1. The van der Waals surface area contributed by atoms with Crippen LogP contribution in [0.3, 0.4) is 0 Å². The summed E-state index contributed by atoms with van der Waals surface area (Å²) in [6.07, 6.45) is 6.22. The van der Waals surface area contributed by atoms with Gasteiger partial charge in [0.2, 0.25) is 0 Å². The highest BCUT2D eigenvalue weighted by atomic mass is 16.5. The number of rotatable bonds is 5. The maximum atomic E-state index is 9.13. The van der Waals surface area contributed by atoms with E-state index in [9.17, 15) is 0 Å². The smallest absolute Gasteiger partial charge is 0.0626 e. The van der Waals surface area contributed by atoms with Crippen LogP contribution in [0.1, 0.15) is 39.0 Å². The van der Waals surface area contributed by atoms with Crippen LogP contribution in [0, 0.1) is 5.92 Å². The van der Waals surface area contributed by atoms with Gasteiger partial charge in [-0.05, 0) is 19.3 Å². The summed E-state index contributed by atoms with van der Waals surface area (Å²) in [7, 11) is 0. The summed E-state index contributed by atoms with van der Waals surface area (Å²) in [6, 6.07) is 0. The van der Waals surface area contributed by atoms with E-state index < -0.39 is 0 Å². The van der Waals surface area contributed by atoms with E-state index >= 15 is 0 Å². The lowest BCUT2D eigenvalue weighted by Gasteiger charge is -2.20. The standard InChI is InChI=1S/C10H20O2/c1-2-3-5-9(8-11)10-6-4-7-12-10/h9-11H,2-8H2,1H3. The lowest BCUT2D eigenvalue weighted by atomic mass is 9.95. The van der Waals surface area contributed by atoms with Crippen LogP contribution in [0.5, 0.6) is 0 Å². The molecule has 0 bridgehead atoms. The molecular formula is C10H20O2. The summed E-state index contributed by atoms with van der Waals surface area (Å²) in [5.41, 5.74) is 0. The summed E-state index contributed by atoms with van der Waals surface area (Å²) in [6.45, 7) is 3.38. The molecule has 1 aliphatic heterocycles. The third kappa shape index (κ3) is 2.76. The molecular weight excluding hydrogens is 152 g/mol. The van der Waals surface area contributed by atoms with E-state index in [-0.39, 0.29) is 0 Å². The third-order valence-corrected chi connectivity index (χ3v) is 2.65. The molecule has 0 aliphatic carbocycles. The average molecular weight is 172 g/mol. The molecule has 1 fully saturated rings. The number of hydrogen-bond acceptors (Lipinski definition) is 2. The zero-order chi connectivity index (χ0) is 8.81. The molecule has 1 N–H and O–H groups in total. The van der Waals surface area contributed by atoms with Crippen LogP contribution in [-0.4, -0.2) is 24.4 Å². The van der Waals surface area contributed by atoms with Crippen molar-refractivity contribution in [1.29, 1.82) is 0 Å². The quantitative estimate of drug-likeness (QED) is 0.687. The molecule has 0 aromatic carbocycles. The molecule has 0 aromatic heterocycles. The van der Waals surface area contributed by atoms with Gasteiger partial charge in [-0.1, -0.05) is 19.8 Å². The van der Waals surface area contributed by atoms with Gasteiger partial charge < -0.3 is 9.84 Å². The Morgan fingerprint density at radius 1 is 1.58 bits per heavy atom. The van der Waals surface area contributed by atoms with Crippen LogP contribution in [0.15, 0.2) is 0 Å². The second-order valence-electron chi connectivity index (χ2n) is 3.64. The minimum absolute atomic E-state index is 0.296. The maximum absolute atomic E-state index is 9.13. The van der Waals surface area contributed by atoms with Crippen molar-refractivity contribution in [1.82, 2.24) is 0 Å². The van der Waals surface area contributed by atoms with E-state index in [4.69, 9.17) is 9.84 Å². The topological polar surface area (TPSA) is 29.5 Å². The first-order valence-corrected chi connectivity index (χ1v) is 5.11. The predicted molar refractivity (Wildman–Crippen MR) is 49.1 cm³/mol. The molecule has 0 spiro atoms. The molecule has 2 heteroatoms. The van der Waals surface area contributed by atoms with E-state index in [1.807, 2.05) is 0 Å². The molecule has 0 saturated carbocycles. The Labute approximate surface area is 74.9 Å². The second kappa shape index (κ2) is 5.55. The summed E-state index contributed by atoms with van der Waals surface area (Å²) in [5, 5.41) is 9.13. The molecule has 2 nitrogen and oxygen atoms in total. The summed E-state index contributed by atoms with van der Waals surface area (Å²) < 4.78 is 5.54. The minimum Gasteiger partial charge on any atom is -0.396 e. The van der Waals surface area contributed by atoms with E-state index in [1.165, 1.54) is 19.3 Å². The lowest BCUT2D eigenvalue weighted by Crippen LogP contribution is -2.22. The monoisotopic (exact) mass is 172 g/mol. The molecule has 2 atom stereocenters. The maximum Gasteiger partial charge on any atom is 0.0626 e. The molecule has 0 amide bonds. The Bertz CT molecular complexity index is 108. The highest BCUT2D eigenvalue weighted by Gasteiger charge is 2.24. The zero-order valence-electron chi connectivity index (χ0n) is 7.96. The molecule has 0 radical (unpaired) electrons.